The van der Waals surface area contributed by atoms with Crippen LogP contribution in [0.1, 0.15) is 39.2 Å². The molecule has 1 saturated heterocycles. The molecule has 1 atom stereocenters. The van der Waals surface area contributed by atoms with Crippen molar-refractivity contribution in [3.05, 3.63) is 34.9 Å². The van der Waals surface area contributed by atoms with Gasteiger partial charge in [-0.3, -0.25) is 4.90 Å². The third kappa shape index (κ3) is 3.80. The van der Waals surface area contributed by atoms with Crippen molar-refractivity contribution >= 4 is 11.6 Å². The first-order chi connectivity index (χ1) is 7.75. The third-order valence-electron chi connectivity index (χ3n) is 2.99. The lowest BCUT2D eigenvalue weighted by molar-refractivity contribution is 0.260. The number of hydrogen-bond acceptors (Lipinski definition) is 1. The summed E-state index contributed by atoms with van der Waals surface area (Å²) in [6.45, 7) is 8.62. The zero-order valence-electron chi connectivity index (χ0n) is 10.5. The van der Waals surface area contributed by atoms with E-state index in [1.165, 1.54) is 24.9 Å². The first kappa shape index (κ1) is 13.5. The highest BCUT2D eigenvalue weighted by molar-refractivity contribution is 6.30. The molecule has 1 aliphatic rings. The van der Waals surface area contributed by atoms with Crippen LogP contribution in [0.4, 0.5) is 0 Å². The molecular weight excluding hydrogens is 218 g/mol. The van der Waals surface area contributed by atoms with Crippen molar-refractivity contribution in [3.8, 4) is 0 Å². The Balaban J connectivity index is 0.000000606. The van der Waals surface area contributed by atoms with E-state index in [-0.39, 0.29) is 0 Å². The van der Waals surface area contributed by atoms with E-state index in [4.69, 9.17) is 11.6 Å². The minimum absolute atomic E-state index is 0.741. The summed E-state index contributed by atoms with van der Waals surface area (Å²) >= 11 is 5.84. The van der Waals surface area contributed by atoms with Gasteiger partial charge in [-0.25, -0.2) is 0 Å². The van der Waals surface area contributed by atoms with Gasteiger partial charge in [-0.05, 0) is 44.0 Å². The average Bonchev–Trinajstić information content (AvgIpc) is 2.71. The van der Waals surface area contributed by atoms with Gasteiger partial charge in [0.15, 0.2) is 0 Å². The van der Waals surface area contributed by atoms with Crippen molar-refractivity contribution in [1.29, 1.82) is 0 Å². The molecule has 1 fully saturated rings. The Morgan fingerprint density at radius 1 is 1.25 bits per heavy atom. The molecule has 2 heteroatoms. The van der Waals surface area contributed by atoms with Gasteiger partial charge >= 0.3 is 0 Å². The molecule has 0 amide bonds. The van der Waals surface area contributed by atoms with Crippen molar-refractivity contribution in [3.63, 3.8) is 0 Å². The van der Waals surface area contributed by atoms with Gasteiger partial charge < -0.3 is 0 Å². The van der Waals surface area contributed by atoms with Gasteiger partial charge in [0.2, 0.25) is 0 Å². The van der Waals surface area contributed by atoms with E-state index in [1.54, 1.807) is 0 Å². The summed E-state index contributed by atoms with van der Waals surface area (Å²) in [6.07, 6.45) is 2.68. The van der Waals surface area contributed by atoms with Crippen LogP contribution in [0.15, 0.2) is 24.3 Å². The van der Waals surface area contributed by atoms with E-state index >= 15 is 0 Å². The quantitative estimate of drug-likeness (QED) is 0.742. The molecule has 0 saturated carbocycles. The van der Waals surface area contributed by atoms with Crippen molar-refractivity contribution < 1.29 is 0 Å². The Bertz CT molecular complexity index is 294. The van der Waals surface area contributed by atoms with Crippen LogP contribution in [0.2, 0.25) is 5.02 Å². The zero-order chi connectivity index (χ0) is 12.0. The highest BCUT2D eigenvalue weighted by Gasteiger charge is 2.19. The second kappa shape index (κ2) is 6.93. The van der Waals surface area contributed by atoms with E-state index in [0.29, 0.717) is 0 Å². The maximum absolute atomic E-state index is 5.84. The Morgan fingerprint density at radius 2 is 1.88 bits per heavy atom. The second-order valence-corrected chi connectivity index (χ2v) is 4.52. The number of halogens is 1. The van der Waals surface area contributed by atoms with Crippen LogP contribution in [0.3, 0.4) is 0 Å². The van der Waals surface area contributed by atoms with Crippen molar-refractivity contribution in [2.45, 2.75) is 46.2 Å². The molecule has 0 aromatic heterocycles. The normalized spacial score (nSPS) is 20.4. The first-order valence-electron chi connectivity index (χ1n) is 6.24. The van der Waals surface area contributed by atoms with Gasteiger partial charge in [-0.1, -0.05) is 37.6 Å². The molecule has 1 aliphatic heterocycles. The van der Waals surface area contributed by atoms with Gasteiger partial charge in [0, 0.05) is 17.6 Å². The van der Waals surface area contributed by atoms with Crippen LogP contribution in [0, 0.1) is 0 Å². The molecule has 16 heavy (non-hydrogen) atoms. The highest BCUT2D eigenvalue weighted by Crippen LogP contribution is 2.20. The van der Waals surface area contributed by atoms with E-state index in [0.717, 1.165) is 17.6 Å². The molecule has 2 rings (SSSR count). The van der Waals surface area contributed by atoms with Crippen LogP contribution >= 0.6 is 11.6 Å². The minimum atomic E-state index is 0.741. The second-order valence-electron chi connectivity index (χ2n) is 4.09. The van der Waals surface area contributed by atoms with Crippen molar-refractivity contribution in [1.82, 2.24) is 4.90 Å². The predicted molar refractivity (Wildman–Crippen MR) is 71.9 cm³/mol. The van der Waals surface area contributed by atoms with Gasteiger partial charge in [-0.15, -0.1) is 0 Å². The van der Waals surface area contributed by atoms with Crippen LogP contribution < -0.4 is 0 Å². The minimum Gasteiger partial charge on any atom is -0.296 e. The smallest absolute Gasteiger partial charge is 0.0406 e. The standard InChI is InChI=1S/C12H16ClN.C2H6/c1-10-3-2-8-14(10)9-11-4-6-12(13)7-5-11;1-2/h4-7,10H,2-3,8-9H2,1H3;1-2H3. The summed E-state index contributed by atoms with van der Waals surface area (Å²) in [4.78, 5) is 2.53. The molecule has 0 radical (unpaired) electrons. The van der Waals surface area contributed by atoms with E-state index in [2.05, 4.69) is 24.0 Å². The number of nitrogens with zero attached hydrogens (tertiary/aromatic N) is 1. The van der Waals surface area contributed by atoms with Gasteiger partial charge in [0.1, 0.15) is 0 Å². The summed E-state index contributed by atoms with van der Waals surface area (Å²) in [5, 5.41) is 0.822. The Labute approximate surface area is 104 Å². The maximum Gasteiger partial charge on any atom is 0.0406 e. The summed E-state index contributed by atoms with van der Waals surface area (Å²) in [5.41, 5.74) is 1.36. The summed E-state index contributed by atoms with van der Waals surface area (Å²) < 4.78 is 0. The molecule has 1 heterocycles. The average molecular weight is 240 g/mol. The predicted octanol–water partition coefficient (Wildman–Crippen LogP) is 4.35. The fourth-order valence-corrected chi connectivity index (χ4v) is 2.18. The molecule has 0 spiro atoms. The lowest BCUT2D eigenvalue weighted by Crippen LogP contribution is -2.26. The molecule has 0 bridgehead atoms. The summed E-state index contributed by atoms with van der Waals surface area (Å²) in [6, 6.07) is 8.92. The molecule has 0 aliphatic carbocycles. The third-order valence-corrected chi connectivity index (χ3v) is 3.24. The lowest BCUT2D eigenvalue weighted by Gasteiger charge is -2.20. The molecule has 90 valence electrons. The lowest BCUT2D eigenvalue weighted by atomic mass is 10.2. The van der Waals surface area contributed by atoms with E-state index in [9.17, 15) is 0 Å². The Morgan fingerprint density at radius 3 is 2.38 bits per heavy atom. The van der Waals surface area contributed by atoms with Crippen LogP contribution in [-0.4, -0.2) is 17.5 Å². The van der Waals surface area contributed by atoms with Gasteiger partial charge in [0.05, 0.1) is 0 Å². The molecule has 1 nitrogen and oxygen atoms in total. The topological polar surface area (TPSA) is 3.24 Å². The summed E-state index contributed by atoms with van der Waals surface area (Å²) in [5.74, 6) is 0. The number of benzene rings is 1. The summed E-state index contributed by atoms with van der Waals surface area (Å²) in [7, 11) is 0. The Hall–Kier alpha value is -0.530. The maximum atomic E-state index is 5.84. The molecule has 0 N–H and O–H groups in total. The molecule has 1 aromatic carbocycles. The molecule has 1 unspecified atom stereocenters. The zero-order valence-corrected chi connectivity index (χ0v) is 11.3. The van der Waals surface area contributed by atoms with Crippen LogP contribution in [0.5, 0.6) is 0 Å². The van der Waals surface area contributed by atoms with Crippen molar-refractivity contribution in [2.75, 3.05) is 6.54 Å². The Kier molecular flexibility index (Phi) is 5.86. The van der Waals surface area contributed by atoms with E-state index in [1.807, 2.05) is 26.0 Å². The van der Waals surface area contributed by atoms with Crippen LogP contribution in [-0.2, 0) is 6.54 Å². The van der Waals surface area contributed by atoms with Gasteiger partial charge in [-0.2, -0.15) is 0 Å². The highest BCUT2D eigenvalue weighted by atomic mass is 35.5. The number of rotatable bonds is 2. The largest absolute Gasteiger partial charge is 0.296 e. The monoisotopic (exact) mass is 239 g/mol. The first-order valence-corrected chi connectivity index (χ1v) is 6.62. The van der Waals surface area contributed by atoms with E-state index < -0.39 is 0 Å². The fourth-order valence-electron chi connectivity index (χ4n) is 2.05. The number of likely N-dealkylation sites (tertiary alicyclic amines) is 1. The fraction of sp³-hybridized carbons (Fsp3) is 0.571. The SMILES string of the molecule is CC.CC1CCCN1Cc1ccc(Cl)cc1. The molecular formula is C14H22ClN. The number of hydrogen-bond donors (Lipinski definition) is 0. The van der Waals surface area contributed by atoms with Crippen LogP contribution in [0.25, 0.3) is 0 Å². The van der Waals surface area contributed by atoms with Crippen molar-refractivity contribution in [2.24, 2.45) is 0 Å². The van der Waals surface area contributed by atoms with Gasteiger partial charge in [0.25, 0.3) is 0 Å². The molecule has 1 aromatic rings.